The number of nitrogens with zero attached hydrogens (tertiary/aromatic N) is 2. The second-order valence-corrected chi connectivity index (χ2v) is 4.43. The van der Waals surface area contributed by atoms with Crippen LogP contribution in [0.4, 0.5) is 10.2 Å². The number of anilines is 1. The Kier molecular flexibility index (Phi) is 4.97. The lowest BCUT2D eigenvalue weighted by molar-refractivity contribution is 0.332. The summed E-state index contributed by atoms with van der Waals surface area (Å²) in [5.41, 5.74) is 0. The summed E-state index contributed by atoms with van der Waals surface area (Å²) < 4.78 is 18.1. The third-order valence-corrected chi connectivity index (χ3v) is 2.87. The molecule has 0 aliphatic carbocycles. The van der Waals surface area contributed by atoms with E-state index in [1.54, 1.807) is 24.4 Å². The van der Waals surface area contributed by atoms with Crippen molar-refractivity contribution in [3.05, 3.63) is 42.3 Å². The van der Waals surface area contributed by atoms with Gasteiger partial charge in [0, 0.05) is 6.20 Å². The SMILES string of the molecule is CSc1nccc(NCCOc2ccc(F)cc2)n1. The summed E-state index contributed by atoms with van der Waals surface area (Å²) >= 11 is 1.49. The van der Waals surface area contributed by atoms with Crippen molar-refractivity contribution in [3.63, 3.8) is 0 Å². The van der Waals surface area contributed by atoms with Gasteiger partial charge in [0.1, 0.15) is 24.0 Å². The van der Waals surface area contributed by atoms with Gasteiger partial charge in [-0.05, 0) is 36.6 Å². The zero-order valence-electron chi connectivity index (χ0n) is 10.5. The molecule has 0 saturated heterocycles. The molecular formula is C13H14FN3OS. The molecule has 0 aliphatic rings. The Labute approximate surface area is 115 Å². The minimum absolute atomic E-state index is 0.268. The molecule has 0 radical (unpaired) electrons. The summed E-state index contributed by atoms with van der Waals surface area (Å²) in [5, 5.41) is 3.86. The van der Waals surface area contributed by atoms with Crippen LogP contribution >= 0.6 is 11.8 Å². The van der Waals surface area contributed by atoms with Crippen LogP contribution in [0.3, 0.4) is 0 Å². The third-order valence-electron chi connectivity index (χ3n) is 2.31. The summed E-state index contributed by atoms with van der Waals surface area (Å²) in [6, 6.07) is 7.76. The number of thioether (sulfide) groups is 1. The molecular weight excluding hydrogens is 265 g/mol. The predicted octanol–water partition coefficient (Wildman–Crippen LogP) is 2.83. The largest absolute Gasteiger partial charge is 0.492 e. The normalized spacial score (nSPS) is 10.2. The molecule has 1 aromatic heterocycles. The summed E-state index contributed by atoms with van der Waals surface area (Å²) in [6.45, 7) is 1.09. The van der Waals surface area contributed by atoms with Gasteiger partial charge in [0.2, 0.25) is 0 Å². The molecule has 100 valence electrons. The smallest absolute Gasteiger partial charge is 0.189 e. The van der Waals surface area contributed by atoms with Gasteiger partial charge in [0.05, 0.1) is 6.54 Å². The van der Waals surface area contributed by atoms with Gasteiger partial charge in [-0.3, -0.25) is 0 Å². The van der Waals surface area contributed by atoms with E-state index < -0.39 is 0 Å². The molecule has 2 aromatic rings. The number of benzene rings is 1. The average Bonchev–Trinajstić information content (AvgIpc) is 2.46. The quantitative estimate of drug-likeness (QED) is 0.500. The van der Waals surface area contributed by atoms with E-state index in [-0.39, 0.29) is 5.82 Å². The van der Waals surface area contributed by atoms with Crippen molar-refractivity contribution in [2.45, 2.75) is 5.16 Å². The van der Waals surface area contributed by atoms with Crippen molar-refractivity contribution < 1.29 is 9.13 Å². The van der Waals surface area contributed by atoms with E-state index in [0.29, 0.717) is 18.9 Å². The van der Waals surface area contributed by atoms with Crippen LogP contribution in [0, 0.1) is 5.82 Å². The lowest BCUT2D eigenvalue weighted by Gasteiger charge is -2.08. The van der Waals surface area contributed by atoms with Gasteiger partial charge in [0.25, 0.3) is 0 Å². The van der Waals surface area contributed by atoms with E-state index in [9.17, 15) is 4.39 Å². The van der Waals surface area contributed by atoms with Crippen molar-refractivity contribution in [1.82, 2.24) is 9.97 Å². The summed E-state index contributed by atoms with van der Waals surface area (Å²) in [6.07, 6.45) is 3.64. The highest BCUT2D eigenvalue weighted by atomic mass is 32.2. The van der Waals surface area contributed by atoms with Crippen LogP contribution in [-0.4, -0.2) is 29.4 Å². The Bertz CT molecular complexity index is 522. The molecule has 0 amide bonds. The molecule has 19 heavy (non-hydrogen) atoms. The monoisotopic (exact) mass is 279 g/mol. The number of nitrogens with one attached hydrogen (secondary N) is 1. The Morgan fingerprint density at radius 2 is 2.05 bits per heavy atom. The maximum atomic E-state index is 12.7. The molecule has 1 heterocycles. The Morgan fingerprint density at radius 3 is 2.79 bits per heavy atom. The van der Waals surface area contributed by atoms with Gasteiger partial charge in [-0.25, -0.2) is 14.4 Å². The van der Waals surface area contributed by atoms with Crippen molar-refractivity contribution in [2.75, 3.05) is 24.7 Å². The first-order valence-electron chi connectivity index (χ1n) is 5.77. The van der Waals surface area contributed by atoms with Gasteiger partial charge in [-0.15, -0.1) is 0 Å². The molecule has 6 heteroatoms. The van der Waals surface area contributed by atoms with Crippen LogP contribution in [0.5, 0.6) is 5.75 Å². The average molecular weight is 279 g/mol. The summed E-state index contributed by atoms with van der Waals surface area (Å²) in [5.74, 6) is 1.15. The topological polar surface area (TPSA) is 47.0 Å². The lowest BCUT2D eigenvalue weighted by Crippen LogP contribution is -2.12. The first-order chi connectivity index (χ1) is 9.28. The molecule has 4 nitrogen and oxygen atoms in total. The first kappa shape index (κ1) is 13.6. The van der Waals surface area contributed by atoms with Crippen LogP contribution in [0.1, 0.15) is 0 Å². The first-order valence-corrected chi connectivity index (χ1v) is 6.99. The number of hydrogen-bond acceptors (Lipinski definition) is 5. The van der Waals surface area contributed by atoms with Gasteiger partial charge in [0.15, 0.2) is 5.16 Å². The molecule has 0 spiro atoms. The van der Waals surface area contributed by atoms with Crippen LogP contribution in [-0.2, 0) is 0 Å². The van der Waals surface area contributed by atoms with Crippen molar-refractivity contribution in [3.8, 4) is 5.75 Å². The number of halogens is 1. The second-order valence-electron chi connectivity index (χ2n) is 3.66. The minimum atomic E-state index is -0.268. The highest BCUT2D eigenvalue weighted by Gasteiger charge is 1.98. The zero-order valence-corrected chi connectivity index (χ0v) is 11.3. The Morgan fingerprint density at radius 1 is 1.26 bits per heavy atom. The van der Waals surface area contributed by atoms with Crippen molar-refractivity contribution in [1.29, 1.82) is 0 Å². The maximum absolute atomic E-state index is 12.7. The van der Waals surface area contributed by atoms with E-state index in [0.717, 1.165) is 11.0 Å². The molecule has 0 bridgehead atoms. The number of aromatic nitrogens is 2. The molecule has 0 atom stereocenters. The standard InChI is InChI=1S/C13H14FN3OS/c1-19-13-16-7-6-12(17-13)15-8-9-18-11-4-2-10(14)3-5-11/h2-7H,8-9H2,1H3,(H,15,16,17). The number of hydrogen-bond donors (Lipinski definition) is 1. The molecule has 1 N–H and O–H groups in total. The minimum Gasteiger partial charge on any atom is -0.492 e. The third kappa shape index (κ3) is 4.40. The van der Waals surface area contributed by atoms with Crippen LogP contribution in [0.2, 0.25) is 0 Å². The highest BCUT2D eigenvalue weighted by molar-refractivity contribution is 7.98. The molecule has 0 aliphatic heterocycles. The van der Waals surface area contributed by atoms with E-state index in [2.05, 4.69) is 15.3 Å². The molecule has 0 unspecified atom stereocenters. The van der Waals surface area contributed by atoms with Crippen LogP contribution in [0.25, 0.3) is 0 Å². The number of rotatable bonds is 6. The zero-order chi connectivity index (χ0) is 13.5. The molecule has 0 saturated carbocycles. The van der Waals surface area contributed by atoms with E-state index in [1.807, 2.05) is 6.26 Å². The molecule has 1 aromatic carbocycles. The number of ether oxygens (including phenoxy) is 1. The fourth-order valence-electron chi connectivity index (χ4n) is 1.42. The van der Waals surface area contributed by atoms with E-state index in [1.165, 1.54) is 23.9 Å². The fraction of sp³-hybridized carbons (Fsp3) is 0.231. The van der Waals surface area contributed by atoms with Crippen molar-refractivity contribution in [2.24, 2.45) is 0 Å². The maximum Gasteiger partial charge on any atom is 0.189 e. The lowest BCUT2D eigenvalue weighted by atomic mass is 10.3. The molecule has 2 rings (SSSR count). The fourth-order valence-corrected chi connectivity index (χ4v) is 1.77. The van der Waals surface area contributed by atoms with Crippen LogP contribution in [0.15, 0.2) is 41.7 Å². The van der Waals surface area contributed by atoms with E-state index >= 15 is 0 Å². The highest BCUT2D eigenvalue weighted by Crippen LogP contribution is 2.12. The Hall–Kier alpha value is -1.82. The van der Waals surface area contributed by atoms with Gasteiger partial charge in [-0.2, -0.15) is 0 Å². The Balaban J connectivity index is 1.75. The predicted molar refractivity (Wildman–Crippen MR) is 74.2 cm³/mol. The second kappa shape index (κ2) is 6.94. The van der Waals surface area contributed by atoms with Crippen molar-refractivity contribution >= 4 is 17.6 Å². The summed E-state index contributed by atoms with van der Waals surface area (Å²) in [7, 11) is 0. The van der Waals surface area contributed by atoms with Gasteiger partial charge >= 0.3 is 0 Å². The summed E-state index contributed by atoms with van der Waals surface area (Å²) in [4.78, 5) is 8.37. The van der Waals surface area contributed by atoms with E-state index in [4.69, 9.17) is 4.74 Å². The van der Waals surface area contributed by atoms with Gasteiger partial charge < -0.3 is 10.1 Å². The van der Waals surface area contributed by atoms with Crippen LogP contribution < -0.4 is 10.1 Å². The van der Waals surface area contributed by atoms with Gasteiger partial charge in [-0.1, -0.05) is 11.8 Å². The molecule has 0 fully saturated rings.